The Hall–Kier alpha value is -1.33. The normalized spacial score (nSPS) is 23.2. The van der Waals surface area contributed by atoms with E-state index in [0.717, 1.165) is 25.7 Å². The van der Waals surface area contributed by atoms with Gasteiger partial charge >= 0.3 is 0 Å². The monoisotopic (exact) mass is 270 g/mol. The summed E-state index contributed by atoms with van der Waals surface area (Å²) < 4.78 is 0. The SMILES string of the molecule is CC(C)(CCc1ccccc1)NC1CCCCC1C#N. The average Bonchev–Trinajstić information content (AvgIpc) is 2.47. The molecule has 2 nitrogen and oxygen atoms in total. The minimum atomic E-state index is 0.0902. The molecule has 2 atom stereocenters. The van der Waals surface area contributed by atoms with Crippen molar-refractivity contribution in [2.24, 2.45) is 5.92 Å². The van der Waals surface area contributed by atoms with E-state index in [-0.39, 0.29) is 11.5 Å². The molecule has 1 fully saturated rings. The van der Waals surface area contributed by atoms with Crippen LogP contribution in [0.5, 0.6) is 0 Å². The van der Waals surface area contributed by atoms with Crippen molar-refractivity contribution in [3.8, 4) is 6.07 Å². The average molecular weight is 270 g/mol. The molecule has 2 heteroatoms. The molecule has 0 bridgehead atoms. The number of nitrogens with one attached hydrogen (secondary N) is 1. The topological polar surface area (TPSA) is 35.8 Å². The van der Waals surface area contributed by atoms with Crippen molar-refractivity contribution in [2.75, 3.05) is 0 Å². The number of hydrogen-bond donors (Lipinski definition) is 1. The van der Waals surface area contributed by atoms with Crippen molar-refractivity contribution in [1.29, 1.82) is 5.26 Å². The quantitative estimate of drug-likeness (QED) is 0.875. The van der Waals surface area contributed by atoms with Crippen LogP contribution < -0.4 is 5.32 Å². The third-order valence-corrected chi connectivity index (χ3v) is 4.39. The van der Waals surface area contributed by atoms with Gasteiger partial charge in [0, 0.05) is 11.6 Å². The molecule has 0 aromatic heterocycles. The predicted octanol–water partition coefficient (Wildman–Crippen LogP) is 4.07. The van der Waals surface area contributed by atoms with Crippen molar-refractivity contribution >= 4 is 0 Å². The molecular formula is C18H26N2. The molecule has 0 radical (unpaired) electrons. The Labute approximate surface area is 123 Å². The first-order chi connectivity index (χ1) is 9.61. The largest absolute Gasteiger partial charge is 0.308 e. The summed E-state index contributed by atoms with van der Waals surface area (Å²) in [6.45, 7) is 4.53. The molecule has 0 saturated heterocycles. The predicted molar refractivity (Wildman–Crippen MR) is 83.3 cm³/mol. The zero-order valence-electron chi connectivity index (χ0n) is 12.7. The van der Waals surface area contributed by atoms with Gasteiger partial charge in [0.2, 0.25) is 0 Å². The summed E-state index contributed by atoms with van der Waals surface area (Å²) in [5.41, 5.74) is 1.48. The van der Waals surface area contributed by atoms with Gasteiger partial charge in [0.25, 0.3) is 0 Å². The Bertz CT molecular complexity index is 444. The van der Waals surface area contributed by atoms with E-state index in [1.807, 2.05) is 0 Å². The van der Waals surface area contributed by atoms with Gasteiger partial charge in [-0.25, -0.2) is 0 Å². The first-order valence-corrected chi connectivity index (χ1v) is 7.82. The molecule has 1 aliphatic rings. The molecule has 108 valence electrons. The smallest absolute Gasteiger partial charge is 0.0672 e. The molecule has 0 aliphatic heterocycles. The van der Waals surface area contributed by atoms with Crippen LogP contribution in [-0.4, -0.2) is 11.6 Å². The Morgan fingerprint density at radius 2 is 1.90 bits per heavy atom. The first kappa shape index (κ1) is 15.1. The minimum Gasteiger partial charge on any atom is -0.308 e. The molecule has 0 heterocycles. The van der Waals surface area contributed by atoms with E-state index in [1.54, 1.807) is 0 Å². The zero-order valence-corrected chi connectivity index (χ0v) is 12.7. The van der Waals surface area contributed by atoms with Crippen LogP contribution in [0.15, 0.2) is 30.3 Å². The van der Waals surface area contributed by atoms with Crippen LogP contribution in [0.4, 0.5) is 0 Å². The number of aryl methyl sites for hydroxylation is 1. The van der Waals surface area contributed by atoms with Gasteiger partial charge in [0.05, 0.1) is 12.0 Å². The van der Waals surface area contributed by atoms with E-state index in [9.17, 15) is 5.26 Å². The molecule has 1 aromatic rings. The minimum absolute atomic E-state index is 0.0902. The zero-order chi connectivity index (χ0) is 14.4. The van der Waals surface area contributed by atoms with Crippen molar-refractivity contribution < 1.29 is 0 Å². The van der Waals surface area contributed by atoms with Gasteiger partial charge in [-0.1, -0.05) is 43.2 Å². The maximum atomic E-state index is 9.28. The van der Waals surface area contributed by atoms with Gasteiger partial charge in [-0.2, -0.15) is 5.26 Å². The van der Waals surface area contributed by atoms with Crippen molar-refractivity contribution in [3.05, 3.63) is 35.9 Å². The van der Waals surface area contributed by atoms with Gasteiger partial charge in [0.1, 0.15) is 0 Å². The van der Waals surface area contributed by atoms with E-state index >= 15 is 0 Å². The fourth-order valence-corrected chi connectivity index (χ4v) is 3.13. The summed E-state index contributed by atoms with van der Waals surface area (Å²) in [5, 5.41) is 13.0. The van der Waals surface area contributed by atoms with Crippen LogP contribution in [0.25, 0.3) is 0 Å². The van der Waals surface area contributed by atoms with Crippen molar-refractivity contribution in [2.45, 2.75) is 64.0 Å². The Morgan fingerprint density at radius 1 is 1.20 bits per heavy atom. The van der Waals surface area contributed by atoms with Gasteiger partial charge in [-0.3, -0.25) is 0 Å². The first-order valence-electron chi connectivity index (χ1n) is 7.82. The molecular weight excluding hydrogens is 244 g/mol. The third kappa shape index (κ3) is 4.35. The van der Waals surface area contributed by atoms with Crippen LogP contribution in [0.1, 0.15) is 51.5 Å². The van der Waals surface area contributed by atoms with Gasteiger partial charge in [0.15, 0.2) is 0 Å². The van der Waals surface area contributed by atoms with Crippen LogP contribution >= 0.6 is 0 Å². The van der Waals surface area contributed by atoms with E-state index < -0.39 is 0 Å². The van der Waals surface area contributed by atoms with Crippen LogP contribution in [-0.2, 0) is 6.42 Å². The molecule has 2 rings (SSSR count). The molecule has 1 saturated carbocycles. The van der Waals surface area contributed by atoms with Crippen LogP contribution in [0.3, 0.4) is 0 Å². The number of rotatable bonds is 5. The highest BCUT2D eigenvalue weighted by molar-refractivity contribution is 5.15. The van der Waals surface area contributed by atoms with Gasteiger partial charge in [-0.05, 0) is 45.1 Å². The fourth-order valence-electron chi connectivity index (χ4n) is 3.13. The lowest BCUT2D eigenvalue weighted by Gasteiger charge is -2.36. The van der Waals surface area contributed by atoms with Crippen LogP contribution in [0.2, 0.25) is 0 Å². The molecule has 1 N–H and O–H groups in total. The highest BCUT2D eigenvalue weighted by Crippen LogP contribution is 2.26. The number of benzene rings is 1. The van der Waals surface area contributed by atoms with Crippen molar-refractivity contribution in [3.63, 3.8) is 0 Å². The summed E-state index contributed by atoms with van der Waals surface area (Å²) in [4.78, 5) is 0. The second kappa shape index (κ2) is 6.90. The lowest BCUT2D eigenvalue weighted by Crippen LogP contribution is -2.50. The highest BCUT2D eigenvalue weighted by Gasteiger charge is 2.29. The number of nitriles is 1. The Morgan fingerprint density at radius 3 is 2.60 bits per heavy atom. The summed E-state index contributed by atoms with van der Waals surface area (Å²) >= 11 is 0. The molecule has 1 aromatic carbocycles. The molecule has 2 unspecified atom stereocenters. The van der Waals surface area contributed by atoms with E-state index in [2.05, 4.69) is 55.6 Å². The Kier molecular flexibility index (Phi) is 5.20. The summed E-state index contributed by atoms with van der Waals surface area (Å²) in [6, 6.07) is 13.5. The number of nitrogens with zero attached hydrogens (tertiary/aromatic N) is 1. The second-order valence-corrected chi connectivity index (χ2v) is 6.64. The van der Waals surface area contributed by atoms with Crippen molar-refractivity contribution in [1.82, 2.24) is 5.32 Å². The van der Waals surface area contributed by atoms with Gasteiger partial charge in [-0.15, -0.1) is 0 Å². The molecule has 20 heavy (non-hydrogen) atoms. The molecule has 0 amide bonds. The standard InChI is InChI=1S/C18H26N2/c1-18(2,13-12-15-8-4-3-5-9-15)20-17-11-7-6-10-16(17)14-19/h3-5,8-9,16-17,20H,6-7,10-13H2,1-2H3. The Balaban J connectivity index is 1.88. The maximum Gasteiger partial charge on any atom is 0.0672 e. The molecule has 0 spiro atoms. The number of hydrogen-bond acceptors (Lipinski definition) is 2. The lowest BCUT2D eigenvalue weighted by molar-refractivity contribution is 0.234. The third-order valence-electron chi connectivity index (χ3n) is 4.39. The lowest BCUT2D eigenvalue weighted by atomic mass is 9.83. The van der Waals surface area contributed by atoms with E-state index in [4.69, 9.17) is 0 Å². The van der Waals surface area contributed by atoms with Crippen LogP contribution in [0, 0.1) is 17.2 Å². The summed E-state index contributed by atoms with van der Waals surface area (Å²) in [7, 11) is 0. The maximum absolute atomic E-state index is 9.28. The highest BCUT2D eigenvalue weighted by atomic mass is 15.0. The fraction of sp³-hybridized carbons (Fsp3) is 0.611. The van der Waals surface area contributed by atoms with E-state index in [1.165, 1.54) is 18.4 Å². The second-order valence-electron chi connectivity index (χ2n) is 6.64. The summed E-state index contributed by atoms with van der Waals surface area (Å²) in [6.07, 6.45) is 6.86. The molecule has 1 aliphatic carbocycles. The van der Waals surface area contributed by atoms with E-state index in [0.29, 0.717) is 6.04 Å². The van der Waals surface area contributed by atoms with Gasteiger partial charge < -0.3 is 5.32 Å². The summed E-state index contributed by atoms with van der Waals surface area (Å²) in [5.74, 6) is 0.194.